The summed E-state index contributed by atoms with van der Waals surface area (Å²) in [5.74, 6) is 0.122. The molecule has 9 heteroatoms. The van der Waals surface area contributed by atoms with Gasteiger partial charge in [0.1, 0.15) is 11.6 Å². The second kappa shape index (κ2) is 6.59. The van der Waals surface area contributed by atoms with E-state index >= 15 is 0 Å². The summed E-state index contributed by atoms with van der Waals surface area (Å²) in [7, 11) is 1.66. The van der Waals surface area contributed by atoms with E-state index in [9.17, 15) is 18.0 Å². The van der Waals surface area contributed by atoms with Gasteiger partial charge in [-0.15, -0.1) is 13.2 Å². The van der Waals surface area contributed by atoms with Crippen LogP contribution < -0.4 is 15.4 Å². The average molecular weight is 328 g/mol. The van der Waals surface area contributed by atoms with Crippen LogP contribution in [0.3, 0.4) is 0 Å². The number of aromatic nitrogens is 2. The molecule has 0 aliphatic carbocycles. The number of para-hydroxylation sites is 1. The molecule has 2 amide bonds. The lowest BCUT2D eigenvalue weighted by Gasteiger charge is -2.14. The van der Waals surface area contributed by atoms with Crippen LogP contribution in [0.25, 0.3) is 0 Å². The molecule has 0 aliphatic heterocycles. The molecular weight excluding hydrogens is 313 g/mol. The summed E-state index contributed by atoms with van der Waals surface area (Å²) in [5.41, 5.74) is 0.938. The van der Waals surface area contributed by atoms with Crippen molar-refractivity contribution in [2.24, 2.45) is 7.05 Å². The van der Waals surface area contributed by atoms with Gasteiger partial charge < -0.3 is 10.1 Å². The van der Waals surface area contributed by atoms with Gasteiger partial charge in [-0.05, 0) is 13.0 Å². The highest BCUT2D eigenvalue weighted by molar-refractivity contribution is 5.88. The lowest BCUT2D eigenvalue weighted by Crippen LogP contribution is -2.29. The van der Waals surface area contributed by atoms with Gasteiger partial charge in [-0.1, -0.05) is 18.2 Å². The summed E-state index contributed by atoms with van der Waals surface area (Å²) >= 11 is 0. The zero-order valence-electron chi connectivity index (χ0n) is 12.4. The number of amides is 2. The van der Waals surface area contributed by atoms with E-state index in [0.29, 0.717) is 5.82 Å². The van der Waals surface area contributed by atoms with Crippen LogP contribution in [0.2, 0.25) is 0 Å². The number of nitrogens with zero attached hydrogens (tertiary/aromatic N) is 2. The molecule has 0 spiro atoms. The van der Waals surface area contributed by atoms with Crippen LogP contribution in [0.4, 0.5) is 23.8 Å². The van der Waals surface area contributed by atoms with Gasteiger partial charge in [0, 0.05) is 25.2 Å². The minimum atomic E-state index is -4.79. The van der Waals surface area contributed by atoms with E-state index in [-0.39, 0.29) is 17.9 Å². The maximum absolute atomic E-state index is 12.3. The zero-order valence-corrected chi connectivity index (χ0v) is 12.4. The van der Waals surface area contributed by atoms with Crippen molar-refractivity contribution >= 4 is 11.8 Å². The van der Waals surface area contributed by atoms with E-state index in [1.165, 1.54) is 22.9 Å². The molecule has 1 aromatic carbocycles. The fourth-order valence-electron chi connectivity index (χ4n) is 1.94. The number of rotatable bonds is 4. The smallest absolute Gasteiger partial charge is 0.405 e. The Hall–Kier alpha value is -2.71. The Morgan fingerprint density at radius 2 is 2.04 bits per heavy atom. The molecule has 0 saturated carbocycles. The Labute approximate surface area is 130 Å². The third kappa shape index (κ3) is 4.90. The van der Waals surface area contributed by atoms with E-state index in [1.54, 1.807) is 26.1 Å². The number of benzene rings is 1. The normalized spacial score (nSPS) is 11.2. The van der Waals surface area contributed by atoms with Gasteiger partial charge in [-0.2, -0.15) is 5.10 Å². The molecule has 0 bridgehead atoms. The van der Waals surface area contributed by atoms with Crippen molar-refractivity contribution in [1.29, 1.82) is 0 Å². The minimum Gasteiger partial charge on any atom is -0.405 e. The first-order chi connectivity index (χ1) is 10.7. The standard InChI is InChI=1S/C14H15F3N4O2/c1-9-7-12(21(2)20-9)19-13(22)18-8-10-5-3-4-6-11(10)23-14(15,16)17/h3-7H,8H2,1-2H3,(H2,18,19,22). The Kier molecular flexibility index (Phi) is 4.77. The van der Waals surface area contributed by atoms with Gasteiger partial charge in [0.05, 0.1) is 5.69 Å². The maximum Gasteiger partial charge on any atom is 0.573 e. The van der Waals surface area contributed by atoms with Gasteiger partial charge in [0.15, 0.2) is 0 Å². The molecule has 1 heterocycles. The van der Waals surface area contributed by atoms with Crippen molar-refractivity contribution < 1.29 is 22.7 Å². The van der Waals surface area contributed by atoms with E-state index in [4.69, 9.17) is 0 Å². The lowest BCUT2D eigenvalue weighted by atomic mass is 10.2. The molecule has 0 radical (unpaired) electrons. The number of halogens is 3. The van der Waals surface area contributed by atoms with Gasteiger partial charge in [0.2, 0.25) is 0 Å². The topological polar surface area (TPSA) is 68.2 Å². The number of urea groups is 1. The SMILES string of the molecule is Cc1cc(NC(=O)NCc2ccccc2OC(F)(F)F)n(C)n1. The molecule has 6 nitrogen and oxygen atoms in total. The minimum absolute atomic E-state index is 0.116. The first kappa shape index (κ1) is 16.7. The van der Waals surface area contributed by atoms with Crippen LogP contribution in [0.1, 0.15) is 11.3 Å². The van der Waals surface area contributed by atoms with Crippen LogP contribution >= 0.6 is 0 Å². The van der Waals surface area contributed by atoms with Gasteiger partial charge in [-0.25, -0.2) is 4.79 Å². The van der Waals surface area contributed by atoms with E-state index in [1.807, 2.05) is 0 Å². The Morgan fingerprint density at radius 1 is 1.35 bits per heavy atom. The van der Waals surface area contributed by atoms with Crippen LogP contribution in [0, 0.1) is 6.92 Å². The van der Waals surface area contributed by atoms with Crippen LogP contribution in [0.5, 0.6) is 5.75 Å². The fourth-order valence-corrected chi connectivity index (χ4v) is 1.94. The monoisotopic (exact) mass is 328 g/mol. The van der Waals surface area contributed by atoms with Crippen molar-refractivity contribution in [3.8, 4) is 5.75 Å². The van der Waals surface area contributed by atoms with Gasteiger partial charge in [0.25, 0.3) is 0 Å². The van der Waals surface area contributed by atoms with Crippen LogP contribution in [-0.2, 0) is 13.6 Å². The first-order valence-corrected chi connectivity index (χ1v) is 6.64. The Bertz CT molecular complexity index is 698. The van der Waals surface area contributed by atoms with Crippen LogP contribution in [0.15, 0.2) is 30.3 Å². The zero-order chi connectivity index (χ0) is 17.0. The summed E-state index contributed by atoms with van der Waals surface area (Å²) in [6.07, 6.45) is -4.79. The third-order valence-corrected chi connectivity index (χ3v) is 2.88. The quantitative estimate of drug-likeness (QED) is 0.907. The highest BCUT2D eigenvalue weighted by Gasteiger charge is 2.31. The number of carbonyl (C=O) groups excluding carboxylic acids is 1. The second-order valence-electron chi connectivity index (χ2n) is 4.76. The second-order valence-corrected chi connectivity index (χ2v) is 4.76. The number of ether oxygens (including phenoxy) is 1. The molecule has 0 fully saturated rings. The molecule has 0 saturated heterocycles. The highest BCUT2D eigenvalue weighted by Crippen LogP contribution is 2.26. The van der Waals surface area contributed by atoms with Crippen molar-refractivity contribution in [3.05, 3.63) is 41.6 Å². The molecule has 0 aliphatic rings. The third-order valence-electron chi connectivity index (χ3n) is 2.88. The summed E-state index contributed by atoms with van der Waals surface area (Å²) in [6, 6.07) is 6.71. The van der Waals surface area contributed by atoms with Gasteiger partial charge in [-0.3, -0.25) is 10.00 Å². The maximum atomic E-state index is 12.3. The number of aryl methyl sites for hydroxylation is 2. The molecule has 124 valence electrons. The van der Waals surface area contributed by atoms with E-state index in [0.717, 1.165) is 5.69 Å². The molecular formula is C14H15F3N4O2. The molecule has 2 N–H and O–H groups in total. The van der Waals surface area contributed by atoms with E-state index < -0.39 is 12.4 Å². The number of anilines is 1. The predicted octanol–water partition coefficient (Wildman–Crippen LogP) is 2.95. The van der Waals surface area contributed by atoms with Crippen molar-refractivity contribution in [2.45, 2.75) is 19.8 Å². The molecule has 0 atom stereocenters. The molecule has 1 aromatic heterocycles. The summed E-state index contributed by atoms with van der Waals surface area (Å²) in [6.45, 7) is 1.66. The van der Waals surface area contributed by atoms with E-state index in [2.05, 4.69) is 20.5 Å². The summed E-state index contributed by atoms with van der Waals surface area (Å²) in [5, 5.41) is 9.09. The molecule has 23 heavy (non-hydrogen) atoms. The first-order valence-electron chi connectivity index (χ1n) is 6.64. The lowest BCUT2D eigenvalue weighted by molar-refractivity contribution is -0.274. The summed E-state index contributed by atoms with van der Waals surface area (Å²) in [4.78, 5) is 11.8. The Balaban J connectivity index is 1.98. The fraction of sp³-hybridized carbons (Fsp3) is 0.286. The number of carbonyl (C=O) groups is 1. The van der Waals surface area contributed by atoms with Crippen molar-refractivity contribution in [3.63, 3.8) is 0 Å². The number of hydrogen-bond acceptors (Lipinski definition) is 3. The largest absolute Gasteiger partial charge is 0.573 e. The van der Waals surface area contributed by atoms with Crippen LogP contribution in [-0.4, -0.2) is 22.2 Å². The molecule has 2 aromatic rings. The predicted molar refractivity (Wildman–Crippen MR) is 76.9 cm³/mol. The summed E-state index contributed by atoms with van der Waals surface area (Å²) < 4.78 is 42.4. The highest BCUT2D eigenvalue weighted by atomic mass is 19.4. The average Bonchev–Trinajstić information content (AvgIpc) is 2.74. The van der Waals surface area contributed by atoms with Gasteiger partial charge >= 0.3 is 12.4 Å². The number of hydrogen-bond donors (Lipinski definition) is 2. The number of nitrogens with one attached hydrogen (secondary N) is 2. The van der Waals surface area contributed by atoms with Crippen molar-refractivity contribution in [2.75, 3.05) is 5.32 Å². The Morgan fingerprint density at radius 3 is 2.65 bits per heavy atom. The molecule has 2 rings (SSSR count). The van der Waals surface area contributed by atoms with Crippen molar-refractivity contribution in [1.82, 2.24) is 15.1 Å². The molecule has 0 unspecified atom stereocenters. The number of alkyl halides is 3.